The molecule has 0 spiro atoms. The minimum atomic E-state index is -5.06. The lowest BCUT2D eigenvalue weighted by atomic mass is 10.1. The van der Waals surface area contributed by atoms with Crippen LogP contribution in [0.25, 0.3) is 16.5 Å². The highest BCUT2D eigenvalue weighted by Gasteiger charge is 2.41. The highest BCUT2D eigenvalue weighted by atomic mass is 19.4. The molecule has 7 nitrogen and oxygen atoms in total. The van der Waals surface area contributed by atoms with Crippen molar-refractivity contribution in [3.05, 3.63) is 77.6 Å². The zero-order valence-electron chi connectivity index (χ0n) is 16.6. The van der Waals surface area contributed by atoms with Crippen molar-refractivity contribution in [2.75, 3.05) is 5.32 Å². The number of rotatable bonds is 3. The van der Waals surface area contributed by atoms with Gasteiger partial charge in [-0.05, 0) is 6.07 Å². The maximum absolute atomic E-state index is 14.0. The van der Waals surface area contributed by atoms with Crippen LogP contribution in [0.2, 0.25) is 0 Å². The summed E-state index contributed by atoms with van der Waals surface area (Å²) in [5.74, 6) is -1.37. The molecule has 0 fully saturated rings. The van der Waals surface area contributed by atoms with Crippen molar-refractivity contribution in [3.63, 3.8) is 0 Å². The molecule has 0 radical (unpaired) electrons. The summed E-state index contributed by atoms with van der Waals surface area (Å²) in [6.07, 6.45) is -6.05. The van der Waals surface area contributed by atoms with Gasteiger partial charge in [-0.15, -0.1) is 0 Å². The largest absolute Gasteiger partial charge is 0.434 e. The van der Waals surface area contributed by atoms with Crippen LogP contribution in [0, 0.1) is 11.3 Å². The number of nitrogens with zero attached hydrogens (tertiary/aromatic N) is 5. The first-order valence-corrected chi connectivity index (χ1v) is 9.27. The molecule has 3 heterocycles. The van der Waals surface area contributed by atoms with Crippen LogP contribution in [0.15, 0.2) is 55.1 Å². The Morgan fingerprint density at radius 2 is 1.74 bits per heavy atom. The molecular formula is C21H10F6N6O. The first kappa shape index (κ1) is 22.7. The van der Waals surface area contributed by atoms with E-state index in [4.69, 9.17) is 5.26 Å². The number of halogens is 6. The van der Waals surface area contributed by atoms with Crippen LogP contribution < -0.4 is 5.32 Å². The number of carbonyl (C=O) groups is 1. The fourth-order valence-electron chi connectivity index (χ4n) is 3.28. The van der Waals surface area contributed by atoms with Crippen molar-refractivity contribution in [1.29, 1.82) is 5.26 Å². The van der Waals surface area contributed by atoms with E-state index in [2.05, 4.69) is 15.1 Å². The van der Waals surface area contributed by atoms with Crippen LogP contribution in [0.5, 0.6) is 0 Å². The Balaban J connectivity index is 1.79. The van der Waals surface area contributed by atoms with Crippen LogP contribution in [0.3, 0.4) is 0 Å². The summed E-state index contributed by atoms with van der Waals surface area (Å²) in [5.41, 5.74) is -5.37. The van der Waals surface area contributed by atoms with Gasteiger partial charge in [-0.2, -0.15) is 36.7 Å². The molecule has 4 aromatic rings. The van der Waals surface area contributed by atoms with Crippen molar-refractivity contribution in [1.82, 2.24) is 19.7 Å². The zero-order chi connectivity index (χ0) is 24.7. The summed E-state index contributed by atoms with van der Waals surface area (Å²) in [7, 11) is 0. The quantitative estimate of drug-likeness (QED) is 0.421. The standard InChI is InChI=1S/C21H10F6N6O/c22-20(23,24)15-5-12(8-30-16(15)6-28)32-19(34)14-9-31-33(18(14)21(25,26)27)17-10-29-7-11-3-1-2-4-13(11)17/h1-5,7-10H,(H,32,34). The summed E-state index contributed by atoms with van der Waals surface area (Å²) < 4.78 is 81.9. The van der Waals surface area contributed by atoms with Gasteiger partial charge in [0.25, 0.3) is 5.91 Å². The summed E-state index contributed by atoms with van der Waals surface area (Å²) in [6, 6.07) is 8.13. The van der Waals surface area contributed by atoms with Crippen molar-refractivity contribution in [3.8, 4) is 11.8 Å². The molecule has 0 aliphatic carbocycles. The third kappa shape index (κ3) is 4.13. The number of aromatic nitrogens is 4. The second-order valence-corrected chi connectivity index (χ2v) is 6.88. The van der Waals surface area contributed by atoms with Crippen molar-refractivity contribution < 1.29 is 31.1 Å². The van der Waals surface area contributed by atoms with Crippen LogP contribution in [-0.4, -0.2) is 25.7 Å². The molecule has 1 N–H and O–H groups in total. The molecule has 0 unspecified atom stereocenters. The van der Waals surface area contributed by atoms with Crippen molar-refractivity contribution in [2.24, 2.45) is 0 Å². The zero-order valence-corrected chi connectivity index (χ0v) is 16.6. The number of benzene rings is 1. The van der Waals surface area contributed by atoms with E-state index in [1.54, 1.807) is 24.3 Å². The summed E-state index contributed by atoms with van der Waals surface area (Å²) in [4.78, 5) is 19.9. The van der Waals surface area contributed by atoms with Gasteiger partial charge in [-0.1, -0.05) is 24.3 Å². The van der Waals surface area contributed by atoms with Gasteiger partial charge >= 0.3 is 12.4 Å². The van der Waals surface area contributed by atoms with Crippen LogP contribution >= 0.6 is 0 Å². The number of pyridine rings is 2. The Bertz CT molecular complexity index is 1450. The lowest BCUT2D eigenvalue weighted by Gasteiger charge is -2.14. The molecule has 172 valence electrons. The van der Waals surface area contributed by atoms with E-state index in [0.717, 1.165) is 12.4 Å². The number of amides is 1. The lowest BCUT2D eigenvalue weighted by Crippen LogP contribution is -2.21. The van der Waals surface area contributed by atoms with Gasteiger partial charge in [0.2, 0.25) is 0 Å². The second kappa shape index (κ2) is 8.14. The highest BCUT2D eigenvalue weighted by Crippen LogP contribution is 2.36. The Morgan fingerprint density at radius 3 is 2.41 bits per heavy atom. The lowest BCUT2D eigenvalue weighted by molar-refractivity contribution is -0.143. The Kier molecular flexibility index (Phi) is 5.44. The number of fused-ring (bicyclic) bond motifs is 1. The average molecular weight is 476 g/mol. The summed E-state index contributed by atoms with van der Waals surface area (Å²) >= 11 is 0. The van der Waals surface area contributed by atoms with E-state index in [-0.39, 0.29) is 5.69 Å². The molecule has 0 aliphatic heterocycles. The highest BCUT2D eigenvalue weighted by molar-refractivity contribution is 6.05. The maximum Gasteiger partial charge on any atom is 0.434 e. The van der Waals surface area contributed by atoms with Gasteiger partial charge in [0.15, 0.2) is 11.4 Å². The monoisotopic (exact) mass is 476 g/mol. The first-order chi connectivity index (χ1) is 16.0. The SMILES string of the molecule is N#Cc1ncc(NC(=O)c2cnn(-c3cncc4ccccc34)c2C(F)(F)F)cc1C(F)(F)F. The summed E-state index contributed by atoms with van der Waals surface area (Å²) in [5, 5.41) is 15.4. The number of carbonyl (C=O) groups excluding carboxylic acids is 1. The smallest absolute Gasteiger partial charge is 0.320 e. The van der Waals surface area contributed by atoms with Gasteiger partial charge in [0.1, 0.15) is 6.07 Å². The van der Waals surface area contributed by atoms with Gasteiger partial charge in [-0.25, -0.2) is 9.67 Å². The van der Waals surface area contributed by atoms with Crippen molar-refractivity contribution >= 4 is 22.4 Å². The number of hydrogen-bond acceptors (Lipinski definition) is 5. The molecular weight excluding hydrogens is 466 g/mol. The number of alkyl halides is 6. The van der Waals surface area contributed by atoms with Gasteiger partial charge in [0.05, 0.1) is 41.1 Å². The van der Waals surface area contributed by atoms with E-state index in [9.17, 15) is 31.1 Å². The third-order valence-corrected chi connectivity index (χ3v) is 4.71. The van der Waals surface area contributed by atoms with Crippen molar-refractivity contribution in [2.45, 2.75) is 12.4 Å². The van der Waals surface area contributed by atoms with Crippen LogP contribution in [0.4, 0.5) is 32.0 Å². The molecule has 34 heavy (non-hydrogen) atoms. The molecule has 0 atom stereocenters. The molecule has 13 heteroatoms. The normalized spacial score (nSPS) is 11.9. The van der Waals surface area contributed by atoms with Gasteiger partial charge in [-0.3, -0.25) is 9.78 Å². The van der Waals surface area contributed by atoms with Gasteiger partial charge in [0, 0.05) is 17.0 Å². The fraction of sp³-hybridized carbons (Fsp3) is 0.0952. The van der Waals surface area contributed by atoms with Crippen LogP contribution in [0.1, 0.15) is 27.3 Å². The Morgan fingerprint density at radius 1 is 1.00 bits per heavy atom. The Hall–Kier alpha value is -4.47. The van der Waals surface area contributed by atoms with E-state index < -0.39 is 46.5 Å². The van der Waals surface area contributed by atoms with E-state index in [1.807, 2.05) is 5.32 Å². The number of nitrogens with one attached hydrogen (secondary N) is 1. The third-order valence-electron chi connectivity index (χ3n) is 4.71. The fourth-order valence-corrected chi connectivity index (χ4v) is 3.28. The first-order valence-electron chi connectivity index (χ1n) is 9.27. The topological polar surface area (TPSA) is 96.5 Å². The molecule has 1 amide bonds. The number of nitriles is 1. The van der Waals surface area contributed by atoms with E-state index >= 15 is 0 Å². The molecule has 1 aromatic carbocycles. The molecule has 0 aliphatic rings. The minimum Gasteiger partial charge on any atom is -0.320 e. The molecule has 3 aromatic heterocycles. The predicted octanol–water partition coefficient (Wildman–Crippen LogP) is 4.98. The van der Waals surface area contributed by atoms with E-state index in [1.165, 1.54) is 12.3 Å². The average Bonchev–Trinajstić information content (AvgIpc) is 3.24. The van der Waals surface area contributed by atoms with Crippen LogP contribution in [-0.2, 0) is 12.4 Å². The molecule has 4 rings (SSSR count). The van der Waals surface area contributed by atoms with E-state index in [0.29, 0.717) is 27.7 Å². The summed E-state index contributed by atoms with van der Waals surface area (Å²) in [6.45, 7) is 0. The number of anilines is 1. The molecule has 0 saturated heterocycles. The Labute approximate surface area is 186 Å². The molecule has 0 saturated carbocycles. The predicted molar refractivity (Wildman–Crippen MR) is 106 cm³/mol. The minimum absolute atomic E-state index is 0.0520. The second-order valence-electron chi connectivity index (χ2n) is 6.88. The molecule has 0 bridgehead atoms. The number of hydrogen-bond donors (Lipinski definition) is 1. The maximum atomic E-state index is 14.0. The van der Waals surface area contributed by atoms with Gasteiger partial charge < -0.3 is 5.32 Å².